The van der Waals surface area contributed by atoms with Gasteiger partial charge in [-0.25, -0.2) is 4.79 Å². The van der Waals surface area contributed by atoms with Crippen molar-refractivity contribution in [1.29, 1.82) is 0 Å². The van der Waals surface area contributed by atoms with E-state index in [0.717, 1.165) is 27.7 Å². The summed E-state index contributed by atoms with van der Waals surface area (Å²) in [5, 5.41) is 1.08. The van der Waals surface area contributed by atoms with Crippen LogP contribution in [0.3, 0.4) is 0 Å². The van der Waals surface area contributed by atoms with Gasteiger partial charge < -0.3 is 14.1 Å². The van der Waals surface area contributed by atoms with Gasteiger partial charge in [-0.3, -0.25) is 0 Å². The van der Waals surface area contributed by atoms with E-state index in [-0.39, 0.29) is 5.95 Å². The predicted octanol–water partition coefficient (Wildman–Crippen LogP) is 4.96. The average Bonchev–Trinajstić information content (AvgIpc) is 3.21. The summed E-state index contributed by atoms with van der Waals surface area (Å²) < 4.78 is 10.4. The lowest BCUT2D eigenvalue weighted by Gasteiger charge is -2.09. The highest BCUT2D eigenvalue weighted by Gasteiger charge is 2.19. The topological polar surface area (TPSA) is 55.2 Å². The Bertz CT molecular complexity index is 1010. The standard InChI is InChI=1S/C20H15NO3/c1-13-19(16-9-4-5-10-17(16)21-13)14-7-2-3-8-15(14)20(22)24-18-11-6-12-23-18/h2-12,21H,1H3. The fourth-order valence-electron chi connectivity index (χ4n) is 2.97. The smallest absolute Gasteiger partial charge is 0.346 e. The third-order valence-electron chi connectivity index (χ3n) is 4.00. The van der Waals surface area contributed by atoms with Crippen LogP contribution in [0.2, 0.25) is 0 Å². The van der Waals surface area contributed by atoms with E-state index in [4.69, 9.17) is 9.15 Å². The lowest BCUT2D eigenvalue weighted by Crippen LogP contribution is -2.09. The number of esters is 1. The summed E-state index contributed by atoms with van der Waals surface area (Å²) in [6, 6.07) is 18.8. The molecule has 4 heteroatoms. The van der Waals surface area contributed by atoms with Crippen molar-refractivity contribution >= 4 is 16.9 Å². The molecule has 0 saturated carbocycles. The van der Waals surface area contributed by atoms with Gasteiger partial charge >= 0.3 is 5.97 Å². The Morgan fingerprint density at radius 3 is 2.62 bits per heavy atom. The molecule has 0 bridgehead atoms. The van der Waals surface area contributed by atoms with E-state index in [2.05, 4.69) is 4.98 Å². The van der Waals surface area contributed by atoms with Crippen molar-refractivity contribution in [3.8, 4) is 17.1 Å². The maximum Gasteiger partial charge on any atom is 0.346 e. The predicted molar refractivity (Wildman–Crippen MR) is 92.1 cm³/mol. The number of nitrogens with one attached hydrogen (secondary N) is 1. The fraction of sp³-hybridized carbons (Fsp3) is 0.0500. The first-order valence-corrected chi connectivity index (χ1v) is 7.66. The first-order chi connectivity index (χ1) is 11.7. The molecular weight excluding hydrogens is 302 g/mol. The lowest BCUT2D eigenvalue weighted by atomic mass is 9.97. The fourth-order valence-corrected chi connectivity index (χ4v) is 2.97. The normalized spacial score (nSPS) is 10.9. The minimum absolute atomic E-state index is 0.186. The van der Waals surface area contributed by atoms with Crippen molar-refractivity contribution in [3.05, 3.63) is 78.2 Å². The summed E-state index contributed by atoms with van der Waals surface area (Å²) in [4.78, 5) is 15.9. The Labute approximate surface area is 138 Å². The van der Waals surface area contributed by atoms with Crippen molar-refractivity contribution < 1.29 is 13.9 Å². The first kappa shape index (κ1) is 14.3. The van der Waals surface area contributed by atoms with E-state index in [9.17, 15) is 4.79 Å². The Balaban J connectivity index is 1.84. The number of hydrogen-bond donors (Lipinski definition) is 1. The molecule has 0 aliphatic rings. The molecule has 4 nitrogen and oxygen atoms in total. The van der Waals surface area contributed by atoms with Crippen LogP contribution >= 0.6 is 0 Å². The highest BCUT2D eigenvalue weighted by Crippen LogP contribution is 2.34. The van der Waals surface area contributed by atoms with Crippen molar-refractivity contribution in [3.63, 3.8) is 0 Å². The minimum Gasteiger partial charge on any atom is -0.434 e. The molecule has 0 radical (unpaired) electrons. The minimum atomic E-state index is -0.440. The molecular formula is C20H15NO3. The van der Waals surface area contributed by atoms with Gasteiger partial charge in [0.15, 0.2) is 0 Å². The number of aromatic amines is 1. The zero-order valence-corrected chi connectivity index (χ0v) is 13.1. The average molecular weight is 317 g/mol. The first-order valence-electron chi connectivity index (χ1n) is 7.66. The second kappa shape index (κ2) is 5.74. The Morgan fingerprint density at radius 1 is 1.00 bits per heavy atom. The summed E-state index contributed by atoms with van der Waals surface area (Å²) >= 11 is 0. The van der Waals surface area contributed by atoms with Crippen LogP contribution in [-0.4, -0.2) is 11.0 Å². The number of aryl methyl sites for hydroxylation is 1. The number of carbonyl (C=O) groups is 1. The van der Waals surface area contributed by atoms with E-state index < -0.39 is 5.97 Å². The van der Waals surface area contributed by atoms with Crippen LogP contribution in [0.15, 0.2) is 71.3 Å². The summed E-state index contributed by atoms with van der Waals surface area (Å²) in [5.41, 5.74) is 4.40. The molecule has 0 spiro atoms. The number of furan rings is 1. The number of carbonyl (C=O) groups excluding carboxylic acids is 1. The van der Waals surface area contributed by atoms with Crippen LogP contribution in [-0.2, 0) is 0 Å². The lowest BCUT2D eigenvalue weighted by molar-refractivity contribution is 0.0695. The van der Waals surface area contributed by atoms with Gasteiger partial charge in [-0.2, -0.15) is 0 Å². The van der Waals surface area contributed by atoms with Crippen LogP contribution in [0.25, 0.3) is 22.0 Å². The Morgan fingerprint density at radius 2 is 1.79 bits per heavy atom. The molecule has 0 saturated heterocycles. The van der Waals surface area contributed by atoms with E-state index in [1.165, 1.54) is 6.26 Å². The number of ether oxygens (including phenoxy) is 1. The molecule has 0 unspecified atom stereocenters. The maximum atomic E-state index is 12.6. The molecule has 0 fully saturated rings. The van der Waals surface area contributed by atoms with Gasteiger partial charge in [0.25, 0.3) is 5.95 Å². The number of benzene rings is 2. The second-order valence-electron chi connectivity index (χ2n) is 5.54. The van der Waals surface area contributed by atoms with Crippen LogP contribution in [0.5, 0.6) is 5.95 Å². The number of hydrogen-bond acceptors (Lipinski definition) is 3. The maximum absolute atomic E-state index is 12.6. The van der Waals surface area contributed by atoms with Crippen molar-refractivity contribution in [2.24, 2.45) is 0 Å². The van der Waals surface area contributed by atoms with E-state index >= 15 is 0 Å². The van der Waals surface area contributed by atoms with Crippen LogP contribution < -0.4 is 4.74 Å². The molecule has 4 aromatic rings. The molecule has 0 aliphatic carbocycles. The quantitative estimate of drug-likeness (QED) is 0.544. The van der Waals surface area contributed by atoms with Gasteiger partial charge in [-0.05, 0) is 30.7 Å². The Hall–Kier alpha value is -3.27. The second-order valence-corrected chi connectivity index (χ2v) is 5.54. The number of fused-ring (bicyclic) bond motifs is 1. The molecule has 0 amide bonds. The third-order valence-corrected chi connectivity index (χ3v) is 4.00. The number of para-hydroxylation sites is 1. The molecule has 4 rings (SSSR count). The largest absolute Gasteiger partial charge is 0.434 e. The number of H-pyrrole nitrogens is 1. The SMILES string of the molecule is Cc1[nH]c2ccccc2c1-c1ccccc1C(=O)Oc1ccco1. The number of rotatable bonds is 3. The molecule has 2 aromatic carbocycles. The molecule has 2 heterocycles. The monoisotopic (exact) mass is 317 g/mol. The zero-order valence-electron chi connectivity index (χ0n) is 13.1. The Kier molecular flexibility index (Phi) is 3.43. The molecule has 24 heavy (non-hydrogen) atoms. The van der Waals surface area contributed by atoms with Crippen molar-refractivity contribution in [2.75, 3.05) is 0 Å². The third kappa shape index (κ3) is 2.38. The van der Waals surface area contributed by atoms with Crippen molar-refractivity contribution in [1.82, 2.24) is 4.98 Å². The van der Waals surface area contributed by atoms with Crippen molar-refractivity contribution in [2.45, 2.75) is 6.92 Å². The summed E-state index contributed by atoms with van der Waals surface area (Å²) in [5.74, 6) is -0.254. The molecule has 1 N–H and O–H groups in total. The summed E-state index contributed by atoms with van der Waals surface area (Å²) in [7, 11) is 0. The van der Waals surface area contributed by atoms with E-state index in [0.29, 0.717) is 5.56 Å². The molecule has 2 aromatic heterocycles. The van der Waals surface area contributed by atoms with E-state index in [1.54, 1.807) is 18.2 Å². The summed E-state index contributed by atoms with van der Waals surface area (Å²) in [6.07, 6.45) is 1.47. The van der Waals surface area contributed by atoms with E-state index in [1.807, 2.05) is 49.4 Å². The highest BCUT2D eigenvalue weighted by molar-refractivity contribution is 6.05. The van der Waals surface area contributed by atoms with Gasteiger partial charge in [0.05, 0.1) is 11.8 Å². The van der Waals surface area contributed by atoms with Gasteiger partial charge in [-0.15, -0.1) is 0 Å². The summed E-state index contributed by atoms with van der Waals surface area (Å²) in [6.45, 7) is 2.00. The van der Waals surface area contributed by atoms with Gasteiger partial charge in [0.2, 0.25) is 0 Å². The van der Waals surface area contributed by atoms with Crippen LogP contribution in [0, 0.1) is 6.92 Å². The zero-order chi connectivity index (χ0) is 16.5. The van der Waals surface area contributed by atoms with Gasteiger partial charge in [-0.1, -0.05) is 36.4 Å². The van der Waals surface area contributed by atoms with Crippen LogP contribution in [0.4, 0.5) is 0 Å². The number of aromatic nitrogens is 1. The molecule has 118 valence electrons. The van der Waals surface area contributed by atoms with Crippen LogP contribution in [0.1, 0.15) is 16.1 Å². The highest BCUT2D eigenvalue weighted by atomic mass is 16.6. The van der Waals surface area contributed by atoms with Gasteiger partial charge in [0, 0.05) is 28.2 Å². The molecule has 0 aliphatic heterocycles. The molecule has 0 atom stereocenters. The van der Waals surface area contributed by atoms with Gasteiger partial charge in [0.1, 0.15) is 0 Å².